The van der Waals surface area contributed by atoms with Crippen LogP contribution in [-0.2, 0) is 11.3 Å². The highest BCUT2D eigenvalue weighted by atomic mass is 35.5. The average molecular weight is 426 g/mol. The second-order valence-electron chi connectivity index (χ2n) is 7.62. The van der Waals surface area contributed by atoms with Gasteiger partial charge < -0.3 is 19.9 Å². The molecule has 3 aromatic rings. The highest BCUT2D eigenvalue weighted by molar-refractivity contribution is 6.30. The number of amides is 2. The van der Waals surface area contributed by atoms with Crippen molar-refractivity contribution in [3.63, 3.8) is 0 Å². The predicted molar refractivity (Wildman–Crippen MR) is 119 cm³/mol. The number of H-pyrrole nitrogens is 1. The standard InChI is InChI=1S/C23H24ClN3O3/c1-15-5-2-6-16-11-17(22(28)26-21(15)16)13-27(14-20-9-4-10-30-20)23(29)25-19-8-3-7-18(24)12-19/h2-3,5-8,11-12,20H,4,9-10,13-14H2,1H3,(H,25,29)(H,26,28). The van der Waals surface area contributed by atoms with E-state index in [0.29, 0.717) is 29.4 Å². The number of pyridine rings is 1. The van der Waals surface area contributed by atoms with Crippen LogP contribution in [0.2, 0.25) is 5.02 Å². The number of anilines is 1. The summed E-state index contributed by atoms with van der Waals surface area (Å²) in [6.07, 6.45) is 1.84. The summed E-state index contributed by atoms with van der Waals surface area (Å²) >= 11 is 6.03. The van der Waals surface area contributed by atoms with Gasteiger partial charge in [0, 0.05) is 29.4 Å². The molecule has 156 valence electrons. The number of halogens is 1. The molecule has 2 amide bonds. The lowest BCUT2D eigenvalue weighted by Crippen LogP contribution is -2.40. The van der Waals surface area contributed by atoms with Crippen molar-refractivity contribution in [2.45, 2.75) is 32.4 Å². The molecule has 7 heteroatoms. The molecule has 1 saturated heterocycles. The number of ether oxygens (including phenoxy) is 1. The Balaban J connectivity index is 1.60. The van der Waals surface area contributed by atoms with Crippen molar-refractivity contribution in [3.8, 4) is 0 Å². The number of benzene rings is 2. The average Bonchev–Trinajstić information content (AvgIpc) is 3.22. The van der Waals surface area contributed by atoms with Crippen LogP contribution in [0.25, 0.3) is 10.9 Å². The Labute approximate surface area is 179 Å². The first kappa shape index (κ1) is 20.4. The number of rotatable bonds is 5. The minimum Gasteiger partial charge on any atom is -0.376 e. The molecule has 30 heavy (non-hydrogen) atoms. The molecule has 2 N–H and O–H groups in total. The van der Waals surface area contributed by atoms with Crippen molar-refractivity contribution in [2.75, 3.05) is 18.5 Å². The van der Waals surface area contributed by atoms with Crippen LogP contribution in [-0.4, -0.2) is 35.2 Å². The number of urea groups is 1. The summed E-state index contributed by atoms with van der Waals surface area (Å²) in [6, 6.07) is 14.4. The number of aromatic nitrogens is 1. The van der Waals surface area contributed by atoms with Crippen molar-refractivity contribution < 1.29 is 9.53 Å². The van der Waals surface area contributed by atoms with Crippen molar-refractivity contribution in [2.24, 2.45) is 0 Å². The lowest BCUT2D eigenvalue weighted by Gasteiger charge is -2.26. The summed E-state index contributed by atoms with van der Waals surface area (Å²) in [5.74, 6) is 0. The van der Waals surface area contributed by atoms with E-state index in [4.69, 9.17) is 16.3 Å². The molecule has 1 fully saturated rings. The zero-order valence-electron chi connectivity index (χ0n) is 16.8. The minimum absolute atomic E-state index is 0.0307. The molecule has 4 rings (SSSR count). The predicted octanol–water partition coefficient (Wildman–Crippen LogP) is 4.70. The van der Waals surface area contributed by atoms with Crippen LogP contribution in [0.5, 0.6) is 0 Å². The van der Waals surface area contributed by atoms with Gasteiger partial charge in [0.1, 0.15) is 0 Å². The molecule has 0 spiro atoms. The van der Waals surface area contributed by atoms with Crippen LogP contribution in [0.15, 0.2) is 53.3 Å². The summed E-state index contributed by atoms with van der Waals surface area (Å²) < 4.78 is 5.73. The molecule has 1 aliphatic rings. The number of nitrogens with zero attached hydrogens (tertiary/aromatic N) is 1. The number of aromatic amines is 1. The molecule has 1 aliphatic heterocycles. The Kier molecular flexibility index (Phi) is 6.06. The molecular weight excluding hydrogens is 402 g/mol. The van der Waals surface area contributed by atoms with E-state index in [-0.39, 0.29) is 24.2 Å². The third-order valence-corrected chi connectivity index (χ3v) is 5.57. The molecule has 1 aromatic heterocycles. The van der Waals surface area contributed by atoms with Gasteiger partial charge >= 0.3 is 6.03 Å². The van der Waals surface area contributed by atoms with E-state index >= 15 is 0 Å². The van der Waals surface area contributed by atoms with Gasteiger partial charge in [-0.3, -0.25) is 4.79 Å². The van der Waals surface area contributed by atoms with Gasteiger partial charge in [-0.2, -0.15) is 0 Å². The van der Waals surface area contributed by atoms with Gasteiger partial charge in [-0.15, -0.1) is 0 Å². The van der Waals surface area contributed by atoms with Crippen LogP contribution in [0.4, 0.5) is 10.5 Å². The summed E-state index contributed by atoms with van der Waals surface area (Å²) in [5.41, 5.74) is 2.77. The lowest BCUT2D eigenvalue weighted by molar-refractivity contribution is 0.0818. The Morgan fingerprint density at radius 3 is 2.87 bits per heavy atom. The maximum Gasteiger partial charge on any atom is 0.322 e. The van der Waals surface area contributed by atoms with Gasteiger partial charge in [-0.05, 0) is 55.0 Å². The quantitative estimate of drug-likeness (QED) is 0.622. The van der Waals surface area contributed by atoms with E-state index in [2.05, 4.69) is 10.3 Å². The van der Waals surface area contributed by atoms with E-state index in [0.717, 1.165) is 29.3 Å². The number of hydrogen-bond donors (Lipinski definition) is 2. The fourth-order valence-electron chi connectivity index (χ4n) is 3.77. The zero-order valence-corrected chi connectivity index (χ0v) is 17.5. The fraction of sp³-hybridized carbons (Fsp3) is 0.304. The molecule has 1 atom stereocenters. The molecule has 2 heterocycles. The van der Waals surface area contributed by atoms with E-state index in [1.54, 1.807) is 29.2 Å². The second-order valence-corrected chi connectivity index (χ2v) is 8.06. The smallest absolute Gasteiger partial charge is 0.322 e. The summed E-state index contributed by atoms with van der Waals surface area (Å²) in [7, 11) is 0. The Hall–Kier alpha value is -2.83. The number of carbonyl (C=O) groups is 1. The second kappa shape index (κ2) is 8.90. The molecule has 6 nitrogen and oxygen atoms in total. The lowest BCUT2D eigenvalue weighted by atomic mass is 10.1. The first-order chi connectivity index (χ1) is 14.5. The number of hydrogen-bond acceptors (Lipinski definition) is 3. The van der Waals surface area contributed by atoms with Gasteiger partial charge in [0.15, 0.2) is 0 Å². The molecule has 2 aromatic carbocycles. The Morgan fingerprint density at radius 1 is 1.27 bits per heavy atom. The van der Waals surface area contributed by atoms with Gasteiger partial charge in [0.05, 0.1) is 18.2 Å². The highest BCUT2D eigenvalue weighted by Crippen LogP contribution is 2.20. The summed E-state index contributed by atoms with van der Waals surface area (Å²) in [4.78, 5) is 30.4. The van der Waals surface area contributed by atoms with Crippen LogP contribution in [0, 0.1) is 6.92 Å². The fourth-order valence-corrected chi connectivity index (χ4v) is 3.96. The molecule has 0 aliphatic carbocycles. The maximum atomic E-state index is 13.0. The van der Waals surface area contributed by atoms with E-state index in [9.17, 15) is 9.59 Å². The van der Waals surface area contributed by atoms with Gasteiger partial charge in [0.2, 0.25) is 0 Å². The Bertz CT molecular complexity index is 1120. The van der Waals surface area contributed by atoms with E-state index in [1.165, 1.54) is 0 Å². The van der Waals surface area contributed by atoms with E-state index < -0.39 is 0 Å². The molecule has 0 radical (unpaired) electrons. The van der Waals surface area contributed by atoms with E-state index in [1.807, 2.05) is 31.2 Å². The van der Waals surface area contributed by atoms with Crippen molar-refractivity contribution in [1.29, 1.82) is 0 Å². The van der Waals surface area contributed by atoms with Crippen LogP contribution >= 0.6 is 11.6 Å². The number of para-hydroxylation sites is 1. The largest absolute Gasteiger partial charge is 0.376 e. The summed E-state index contributed by atoms with van der Waals surface area (Å²) in [5, 5.41) is 4.36. The first-order valence-electron chi connectivity index (χ1n) is 10.0. The first-order valence-corrected chi connectivity index (χ1v) is 10.4. The number of fused-ring (bicyclic) bond motifs is 1. The SMILES string of the molecule is Cc1cccc2cc(CN(CC3CCCO3)C(=O)Nc3cccc(Cl)c3)c(=O)[nH]c12. The molecule has 0 saturated carbocycles. The zero-order chi connectivity index (χ0) is 21.1. The molecule has 0 bridgehead atoms. The normalized spacial score (nSPS) is 16.0. The Morgan fingerprint density at radius 2 is 2.10 bits per heavy atom. The van der Waals surface area contributed by atoms with Crippen LogP contribution in [0.1, 0.15) is 24.0 Å². The van der Waals surface area contributed by atoms with Gasteiger partial charge in [0.25, 0.3) is 5.56 Å². The molecular formula is C23H24ClN3O3. The van der Waals surface area contributed by atoms with Gasteiger partial charge in [-0.25, -0.2) is 4.79 Å². The highest BCUT2D eigenvalue weighted by Gasteiger charge is 2.24. The third-order valence-electron chi connectivity index (χ3n) is 5.34. The number of carbonyl (C=O) groups excluding carboxylic acids is 1. The van der Waals surface area contributed by atoms with Crippen LogP contribution < -0.4 is 10.9 Å². The molecule has 1 unspecified atom stereocenters. The minimum atomic E-state index is -0.295. The monoisotopic (exact) mass is 425 g/mol. The van der Waals surface area contributed by atoms with Crippen LogP contribution in [0.3, 0.4) is 0 Å². The topological polar surface area (TPSA) is 74.4 Å². The van der Waals surface area contributed by atoms with Crippen molar-refractivity contribution >= 4 is 34.2 Å². The number of nitrogens with one attached hydrogen (secondary N) is 2. The maximum absolute atomic E-state index is 13.0. The van der Waals surface area contributed by atoms with Crippen molar-refractivity contribution in [3.05, 3.63) is 75.0 Å². The summed E-state index contributed by atoms with van der Waals surface area (Å²) in [6.45, 7) is 3.26. The van der Waals surface area contributed by atoms with Crippen molar-refractivity contribution in [1.82, 2.24) is 9.88 Å². The van der Waals surface area contributed by atoms with Gasteiger partial charge in [-0.1, -0.05) is 35.9 Å². The third kappa shape index (κ3) is 4.66. The number of aryl methyl sites for hydroxylation is 1.